The van der Waals surface area contributed by atoms with Crippen LogP contribution in [0, 0.1) is 6.92 Å². The van der Waals surface area contributed by atoms with Crippen molar-refractivity contribution in [3.63, 3.8) is 0 Å². The highest BCUT2D eigenvalue weighted by Crippen LogP contribution is 2.12. The summed E-state index contributed by atoms with van der Waals surface area (Å²) in [5.41, 5.74) is 1.95. The Balaban J connectivity index is 2.00. The van der Waals surface area contributed by atoms with Crippen LogP contribution in [0.1, 0.15) is 28.0 Å². The fourth-order valence-corrected chi connectivity index (χ4v) is 1.92. The van der Waals surface area contributed by atoms with Gasteiger partial charge in [-0.25, -0.2) is 14.8 Å². The van der Waals surface area contributed by atoms with Gasteiger partial charge in [-0.2, -0.15) is 0 Å². The number of carboxylic acid groups (broad SMARTS) is 1. The molecule has 1 aromatic heterocycles. The van der Waals surface area contributed by atoms with E-state index in [2.05, 4.69) is 15.3 Å². The molecule has 2 rings (SSSR count). The van der Waals surface area contributed by atoms with Crippen LogP contribution in [0.2, 0.25) is 0 Å². The lowest BCUT2D eigenvalue weighted by molar-refractivity contribution is -0.116. The smallest absolute Gasteiger partial charge is 0.358 e. The lowest BCUT2D eigenvalue weighted by atomic mass is 10.0. The third kappa shape index (κ3) is 3.85. The van der Waals surface area contributed by atoms with Crippen molar-refractivity contribution < 1.29 is 14.7 Å². The molecular formula is C15H15N3O3. The summed E-state index contributed by atoms with van der Waals surface area (Å²) in [4.78, 5) is 30.4. The van der Waals surface area contributed by atoms with Crippen LogP contribution >= 0.6 is 0 Å². The van der Waals surface area contributed by atoms with Gasteiger partial charge in [0.2, 0.25) is 5.91 Å². The summed E-state index contributed by atoms with van der Waals surface area (Å²) in [5.74, 6) is -1.54. The van der Waals surface area contributed by atoms with E-state index in [1.807, 2.05) is 31.2 Å². The van der Waals surface area contributed by atoms with E-state index in [9.17, 15) is 9.59 Å². The molecule has 0 bridgehead atoms. The molecule has 1 amide bonds. The minimum absolute atomic E-state index is 0.0280. The minimum Gasteiger partial charge on any atom is -0.476 e. The number of nitrogens with zero attached hydrogens (tertiary/aromatic N) is 2. The summed E-state index contributed by atoms with van der Waals surface area (Å²) in [5, 5.41) is 11.5. The fourth-order valence-electron chi connectivity index (χ4n) is 1.92. The Morgan fingerprint density at radius 2 is 1.90 bits per heavy atom. The molecule has 0 unspecified atom stereocenters. The Morgan fingerprint density at radius 1 is 1.19 bits per heavy atom. The summed E-state index contributed by atoms with van der Waals surface area (Å²) in [6, 6.07) is 7.81. The number of hydrogen-bond acceptors (Lipinski definition) is 4. The topological polar surface area (TPSA) is 92.2 Å². The molecular weight excluding hydrogens is 270 g/mol. The molecule has 0 saturated heterocycles. The van der Waals surface area contributed by atoms with Gasteiger partial charge in [-0.05, 0) is 24.5 Å². The molecule has 0 aliphatic rings. The largest absolute Gasteiger partial charge is 0.476 e. The van der Waals surface area contributed by atoms with Crippen LogP contribution in [0.15, 0.2) is 36.7 Å². The zero-order valence-electron chi connectivity index (χ0n) is 11.5. The lowest BCUT2D eigenvalue weighted by Crippen LogP contribution is -2.17. The van der Waals surface area contributed by atoms with Crippen molar-refractivity contribution in [1.29, 1.82) is 0 Å². The molecule has 0 aliphatic carbocycles. The Morgan fingerprint density at radius 3 is 2.62 bits per heavy atom. The predicted molar refractivity (Wildman–Crippen MR) is 77.1 cm³/mol. The van der Waals surface area contributed by atoms with Gasteiger partial charge in [0.25, 0.3) is 0 Å². The van der Waals surface area contributed by atoms with Crippen LogP contribution in [-0.4, -0.2) is 27.0 Å². The van der Waals surface area contributed by atoms with Crippen molar-refractivity contribution in [2.75, 3.05) is 5.32 Å². The predicted octanol–water partition coefficient (Wildman–Crippen LogP) is 2.05. The van der Waals surface area contributed by atoms with Crippen molar-refractivity contribution >= 4 is 17.7 Å². The van der Waals surface area contributed by atoms with Crippen molar-refractivity contribution in [1.82, 2.24) is 9.97 Å². The van der Waals surface area contributed by atoms with Gasteiger partial charge in [-0.3, -0.25) is 4.79 Å². The van der Waals surface area contributed by atoms with Crippen LogP contribution in [-0.2, 0) is 11.2 Å². The molecule has 2 N–H and O–H groups in total. The first-order valence-corrected chi connectivity index (χ1v) is 6.46. The van der Waals surface area contributed by atoms with Crippen molar-refractivity contribution in [2.24, 2.45) is 0 Å². The number of aryl methyl sites for hydroxylation is 2. The third-order valence-corrected chi connectivity index (χ3v) is 3.04. The maximum absolute atomic E-state index is 11.9. The highest BCUT2D eigenvalue weighted by molar-refractivity contribution is 5.97. The molecule has 108 valence electrons. The zero-order valence-corrected chi connectivity index (χ0v) is 11.5. The highest BCUT2D eigenvalue weighted by Gasteiger charge is 2.14. The quantitative estimate of drug-likeness (QED) is 0.877. The first-order valence-electron chi connectivity index (χ1n) is 6.46. The summed E-state index contributed by atoms with van der Waals surface area (Å²) in [6.07, 6.45) is 3.44. The summed E-state index contributed by atoms with van der Waals surface area (Å²) >= 11 is 0. The number of rotatable bonds is 5. The third-order valence-electron chi connectivity index (χ3n) is 3.04. The number of anilines is 1. The molecule has 0 saturated carbocycles. The Kier molecular flexibility index (Phi) is 4.61. The molecule has 0 aliphatic heterocycles. The molecule has 6 nitrogen and oxygen atoms in total. The van der Waals surface area contributed by atoms with E-state index in [0.717, 1.165) is 11.1 Å². The van der Waals surface area contributed by atoms with Crippen LogP contribution in [0.25, 0.3) is 0 Å². The number of aromatic nitrogens is 2. The molecule has 21 heavy (non-hydrogen) atoms. The summed E-state index contributed by atoms with van der Waals surface area (Å²) in [6.45, 7) is 1.98. The first-order chi connectivity index (χ1) is 10.1. The molecule has 1 heterocycles. The van der Waals surface area contributed by atoms with Crippen LogP contribution in [0.3, 0.4) is 0 Å². The molecule has 1 aromatic carbocycles. The van der Waals surface area contributed by atoms with Gasteiger partial charge in [-0.15, -0.1) is 0 Å². The van der Waals surface area contributed by atoms with E-state index in [-0.39, 0.29) is 23.8 Å². The van der Waals surface area contributed by atoms with E-state index in [4.69, 9.17) is 5.11 Å². The number of carbonyl (C=O) groups is 2. The van der Waals surface area contributed by atoms with Crippen molar-refractivity contribution in [3.05, 3.63) is 53.5 Å². The zero-order chi connectivity index (χ0) is 15.2. The molecule has 6 heteroatoms. The maximum Gasteiger partial charge on any atom is 0.358 e. The van der Waals surface area contributed by atoms with E-state index < -0.39 is 5.97 Å². The summed E-state index contributed by atoms with van der Waals surface area (Å²) in [7, 11) is 0. The van der Waals surface area contributed by atoms with Gasteiger partial charge in [0, 0.05) is 18.8 Å². The standard InChI is InChI=1S/C15H15N3O3/c1-10-4-2-3-5-11(10)6-7-12(19)18-14-13(15(20)21)16-8-9-17-14/h2-5,8-9H,6-7H2,1H3,(H,20,21)(H,17,18,19). The van der Waals surface area contributed by atoms with Gasteiger partial charge in [0.1, 0.15) is 0 Å². The number of hydrogen-bond donors (Lipinski definition) is 2. The van der Waals surface area contributed by atoms with Crippen LogP contribution in [0.5, 0.6) is 0 Å². The van der Waals surface area contributed by atoms with Crippen LogP contribution in [0.4, 0.5) is 5.82 Å². The molecule has 0 spiro atoms. The van der Waals surface area contributed by atoms with Crippen LogP contribution < -0.4 is 5.32 Å². The number of aromatic carboxylic acids is 1. The monoisotopic (exact) mass is 285 g/mol. The second-order valence-corrected chi connectivity index (χ2v) is 4.53. The Bertz CT molecular complexity index is 671. The second kappa shape index (κ2) is 6.60. The van der Waals surface area contributed by atoms with Crippen molar-refractivity contribution in [3.8, 4) is 0 Å². The maximum atomic E-state index is 11.9. The number of amides is 1. The molecule has 0 fully saturated rings. The SMILES string of the molecule is Cc1ccccc1CCC(=O)Nc1nccnc1C(=O)O. The number of nitrogens with one attached hydrogen (secondary N) is 1. The van der Waals surface area contributed by atoms with E-state index >= 15 is 0 Å². The normalized spacial score (nSPS) is 10.1. The number of carbonyl (C=O) groups excluding carboxylic acids is 1. The number of benzene rings is 1. The van der Waals surface area contributed by atoms with Crippen molar-refractivity contribution in [2.45, 2.75) is 19.8 Å². The fraction of sp³-hybridized carbons (Fsp3) is 0.200. The van der Waals surface area contributed by atoms with E-state index in [1.165, 1.54) is 12.4 Å². The Hall–Kier alpha value is -2.76. The minimum atomic E-state index is -1.22. The molecule has 0 atom stereocenters. The van der Waals surface area contributed by atoms with Gasteiger partial charge in [-0.1, -0.05) is 24.3 Å². The summed E-state index contributed by atoms with van der Waals surface area (Å²) < 4.78 is 0. The Labute approximate surface area is 121 Å². The van der Waals surface area contributed by atoms with Gasteiger partial charge >= 0.3 is 5.97 Å². The molecule has 2 aromatic rings. The highest BCUT2D eigenvalue weighted by atomic mass is 16.4. The average Bonchev–Trinajstić information content (AvgIpc) is 2.47. The molecule has 0 radical (unpaired) electrons. The van der Waals surface area contributed by atoms with E-state index in [0.29, 0.717) is 6.42 Å². The average molecular weight is 285 g/mol. The first kappa shape index (κ1) is 14.6. The van der Waals surface area contributed by atoms with E-state index in [1.54, 1.807) is 0 Å². The number of carboxylic acids is 1. The van der Waals surface area contributed by atoms with Gasteiger partial charge < -0.3 is 10.4 Å². The van der Waals surface area contributed by atoms with Gasteiger partial charge in [0.15, 0.2) is 11.5 Å². The second-order valence-electron chi connectivity index (χ2n) is 4.53. The van der Waals surface area contributed by atoms with Gasteiger partial charge in [0.05, 0.1) is 0 Å². The lowest BCUT2D eigenvalue weighted by Gasteiger charge is -2.07.